The highest BCUT2D eigenvalue weighted by atomic mass is 32.2. The second kappa shape index (κ2) is 10.1. The van der Waals surface area contributed by atoms with Crippen molar-refractivity contribution in [2.24, 2.45) is 17.1 Å². The van der Waals surface area contributed by atoms with Crippen LogP contribution < -0.4 is 15.2 Å². The molecule has 0 aliphatic heterocycles. The molecule has 10 heteroatoms. The molecule has 1 fully saturated rings. The second-order valence-electron chi connectivity index (χ2n) is 9.93. The van der Waals surface area contributed by atoms with Gasteiger partial charge in [-0.05, 0) is 67.3 Å². The second-order valence-corrected chi connectivity index (χ2v) is 11.6. The fourth-order valence-corrected chi connectivity index (χ4v) is 5.72. The minimum Gasteiger partial charge on any atom is -0.478 e. The standard InChI is InChI=1S/C27H32N4O5S/c1-16(2)27(11-12-27)22(28)15-36-23-14-21(24-17(3)7-5-8-18(24)4)29-26(30-23)31-37(34,35)20-10-6-9-19(13-20)25(32)33/h5-10,13-14,16,22H,11-12,15,28H2,1-4H3,(H,32,33)(H,29,30,31). The number of anilines is 1. The molecule has 1 saturated carbocycles. The lowest BCUT2D eigenvalue weighted by molar-refractivity contribution is 0.0696. The third-order valence-corrected chi connectivity index (χ3v) is 8.51. The van der Waals surface area contributed by atoms with Gasteiger partial charge in [-0.3, -0.25) is 0 Å². The van der Waals surface area contributed by atoms with Crippen molar-refractivity contribution < 1.29 is 23.1 Å². The summed E-state index contributed by atoms with van der Waals surface area (Å²) in [5, 5.41) is 9.25. The average Bonchev–Trinajstić information content (AvgIpc) is 3.65. The normalized spacial score (nSPS) is 15.3. The van der Waals surface area contributed by atoms with E-state index in [2.05, 4.69) is 28.5 Å². The molecule has 0 saturated heterocycles. The SMILES string of the molecule is Cc1cccc(C)c1-c1cc(OCC(N)C2(C(C)C)CC2)nc(NS(=O)(=O)c2cccc(C(=O)O)c2)n1. The fourth-order valence-electron chi connectivity index (χ4n) is 4.73. The van der Waals surface area contributed by atoms with Gasteiger partial charge in [0.15, 0.2) is 0 Å². The Labute approximate surface area is 217 Å². The van der Waals surface area contributed by atoms with Crippen LogP contribution in [-0.2, 0) is 10.0 Å². The van der Waals surface area contributed by atoms with Crippen LogP contribution in [-0.4, -0.2) is 42.1 Å². The van der Waals surface area contributed by atoms with Crippen LogP contribution in [0.5, 0.6) is 5.88 Å². The number of aromatic nitrogens is 2. The van der Waals surface area contributed by atoms with Crippen LogP contribution in [0.1, 0.15) is 48.2 Å². The van der Waals surface area contributed by atoms with Crippen LogP contribution in [0.2, 0.25) is 0 Å². The van der Waals surface area contributed by atoms with Crippen LogP contribution in [0.25, 0.3) is 11.3 Å². The average molecular weight is 525 g/mol. The number of aryl methyl sites for hydroxylation is 2. The van der Waals surface area contributed by atoms with E-state index in [1.165, 1.54) is 18.2 Å². The molecular formula is C27H32N4O5S. The van der Waals surface area contributed by atoms with Crippen molar-refractivity contribution in [2.45, 2.75) is 51.5 Å². The predicted octanol–water partition coefficient (Wildman–Crippen LogP) is 4.40. The Morgan fingerprint density at radius 3 is 2.35 bits per heavy atom. The number of hydrogen-bond donors (Lipinski definition) is 3. The summed E-state index contributed by atoms with van der Waals surface area (Å²) < 4.78 is 34.6. The molecule has 4 N–H and O–H groups in total. The summed E-state index contributed by atoms with van der Waals surface area (Å²) in [6, 6.07) is 12.4. The van der Waals surface area contributed by atoms with Crippen molar-refractivity contribution in [1.82, 2.24) is 9.97 Å². The van der Waals surface area contributed by atoms with Gasteiger partial charge in [-0.25, -0.2) is 22.9 Å². The summed E-state index contributed by atoms with van der Waals surface area (Å²) >= 11 is 0. The molecule has 196 valence electrons. The highest BCUT2D eigenvalue weighted by molar-refractivity contribution is 7.92. The van der Waals surface area contributed by atoms with E-state index in [1.807, 2.05) is 32.0 Å². The van der Waals surface area contributed by atoms with Crippen molar-refractivity contribution in [3.05, 3.63) is 65.2 Å². The molecule has 9 nitrogen and oxygen atoms in total. The minimum absolute atomic E-state index is 0.0437. The lowest BCUT2D eigenvalue weighted by atomic mass is 9.86. The van der Waals surface area contributed by atoms with Gasteiger partial charge in [0.25, 0.3) is 10.0 Å². The van der Waals surface area contributed by atoms with Crippen molar-refractivity contribution in [1.29, 1.82) is 0 Å². The quantitative estimate of drug-likeness (QED) is 0.354. The number of aromatic carboxylic acids is 1. The van der Waals surface area contributed by atoms with E-state index in [9.17, 15) is 18.3 Å². The first kappa shape index (κ1) is 26.6. The molecule has 0 spiro atoms. The zero-order valence-electron chi connectivity index (χ0n) is 21.4. The summed E-state index contributed by atoms with van der Waals surface area (Å²) in [5.41, 5.74) is 9.64. The molecule has 37 heavy (non-hydrogen) atoms. The maximum atomic E-state index is 13.1. The summed E-state index contributed by atoms with van der Waals surface area (Å²) in [6.07, 6.45) is 2.10. The predicted molar refractivity (Wildman–Crippen MR) is 141 cm³/mol. The van der Waals surface area contributed by atoms with Gasteiger partial charge in [0.1, 0.15) is 6.61 Å². The van der Waals surface area contributed by atoms with Gasteiger partial charge >= 0.3 is 5.97 Å². The fraction of sp³-hybridized carbons (Fsp3) is 0.370. The van der Waals surface area contributed by atoms with Gasteiger partial charge < -0.3 is 15.6 Å². The summed E-state index contributed by atoms with van der Waals surface area (Å²) in [7, 11) is -4.18. The first-order valence-corrected chi connectivity index (χ1v) is 13.6. The number of ether oxygens (including phenoxy) is 1. The minimum atomic E-state index is -4.18. The van der Waals surface area contributed by atoms with Gasteiger partial charge in [-0.15, -0.1) is 0 Å². The van der Waals surface area contributed by atoms with Crippen LogP contribution in [0.15, 0.2) is 53.4 Å². The van der Waals surface area contributed by atoms with Crippen molar-refractivity contribution in [3.8, 4) is 17.1 Å². The molecule has 1 aromatic heterocycles. The zero-order chi connectivity index (χ0) is 27.0. The van der Waals surface area contributed by atoms with E-state index in [0.29, 0.717) is 11.6 Å². The van der Waals surface area contributed by atoms with Crippen LogP contribution in [0.4, 0.5) is 5.95 Å². The smallest absolute Gasteiger partial charge is 0.335 e. The Kier molecular flexibility index (Phi) is 7.25. The highest BCUT2D eigenvalue weighted by Crippen LogP contribution is 2.54. The number of carbonyl (C=O) groups is 1. The van der Waals surface area contributed by atoms with E-state index >= 15 is 0 Å². The highest BCUT2D eigenvalue weighted by Gasteiger charge is 2.50. The number of carboxylic acids is 1. The molecule has 0 bridgehead atoms. The van der Waals surface area contributed by atoms with Gasteiger partial charge in [0, 0.05) is 17.7 Å². The van der Waals surface area contributed by atoms with E-state index in [1.54, 1.807) is 6.07 Å². The Bertz CT molecular complexity index is 1410. The first-order chi connectivity index (χ1) is 17.4. The number of nitrogens with zero attached hydrogens (tertiary/aromatic N) is 2. The third-order valence-electron chi connectivity index (χ3n) is 7.18. The van der Waals surface area contributed by atoms with Gasteiger partial charge in [-0.1, -0.05) is 38.1 Å². The van der Waals surface area contributed by atoms with Gasteiger partial charge in [-0.2, -0.15) is 4.98 Å². The summed E-state index contributed by atoms with van der Waals surface area (Å²) in [5.74, 6) is -0.799. The Morgan fingerprint density at radius 1 is 1.11 bits per heavy atom. The maximum absolute atomic E-state index is 13.1. The number of hydrogen-bond acceptors (Lipinski definition) is 7. The zero-order valence-corrected chi connectivity index (χ0v) is 22.2. The van der Waals surface area contributed by atoms with Gasteiger partial charge in [0.2, 0.25) is 11.8 Å². The van der Waals surface area contributed by atoms with Crippen molar-refractivity contribution in [2.75, 3.05) is 11.3 Å². The van der Waals surface area contributed by atoms with Crippen molar-refractivity contribution in [3.63, 3.8) is 0 Å². The van der Waals surface area contributed by atoms with Crippen LogP contribution in [0, 0.1) is 25.2 Å². The van der Waals surface area contributed by atoms with Gasteiger partial charge in [0.05, 0.1) is 16.2 Å². The first-order valence-electron chi connectivity index (χ1n) is 12.1. The topological polar surface area (TPSA) is 144 Å². The lowest BCUT2D eigenvalue weighted by Gasteiger charge is -2.27. The molecule has 1 aliphatic rings. The molecule has 2 aromatic carbocycles. The molecular weight excluding hydrogens is 492 g/mol. The molecule has 4 rings (SSSR count). The lowest BCUT2D eigenvalue weighted by Crippen LogP contribution is -2.40. The number of rotatable bonds is 10. The number of benzene rings is 2. The molecule has 1 unspecified atom stereocenters. The largest absolute Gasteiger partial charge is 0.478 e. The Balaban J connectivity index is 1.70. The summed E-state index contributed by atoms with van der Waals surface area (Å²) in [6.45, 7) is 8.43. The molecule has 0 amide bonds. The van der Waals surface area contributed by atoms with E-state index in [4.69, 9.17) is 10.5 Å². The van der Waals surface area contributed by atoms with Crippen LogP contribution >= 0.6 is 0 Å². The number of nitrogens with two attached hydrogens (primary N) is 1. The summed E-state index contributed by atoms with van der Waals surface area (Å²) in [4.78, 5) is 19.9. The number of sulfonamides is 1. The Morgan fingerprint density at radius 2 is 1.76 bits per heavy atom. The molecule has 3 aromatic rings. The van der Waals surface area contributed by atoms with E-state index < -0.39 is 16.0 Å². The monoisotopic (exact) mass is 524 g/mol. The number of carboxylic acid groups (broad SMARTS) is 1. The van der Waals surface area contributed by atoms with E-state index in [-0.39, 0.29) is 40.4 Å². The molecule has 1 aliphatic carbocycles. The van der Waals surface area contributed by atoms with E-state index in [0.717, 1.165) is 35.6 Å². The van der Waals surface area contributed by atoms with Crippen LogP contribution in [0.3, 0.4) is 0 Å². The van der Waals surface area contributed by atoms with Crippen molar-refractivity contribution >= 4 is 21.9 Å². The molecule has 0 radical (unpaired) electrons. The Hall–Kier alpha value is -3.50. The maximum Gasteiger partial charge on any atom is 0.335 e. The molecule has 1 heterocycles. The number of nitrogens with one attached hydrogen (secondary N) is 1. The molecule has 1 atom stereocenters. The third kappa shape index (κ3) is 5.60.